The smallest absolute Gasteiger partial charge is 0.123 e. The van der Waals surface area contributed by atoms with E-state index in [2.05, 4.69) is 29.6 Å². The van der Waals surface area contributed by atoms with Crippen molar-refractivity contribution in [3.8, 4) is 5.75 Å². The largest absolute Gasteiger partial charge is 0.488 e. The van der Waals surface area contributed by atoms with Gasteiger partial charge in [-0.1, -0.05) is 18.2 Å². The van der Waals surface area contributed by atoms with Gasteiger partial charge < -0.3 is 10.1 Å². The van der Waals surface area contributed by atoms with Gasteiger partial charge in [0.15, 0.2) is 0 Å². The number of piperidine rings is 1. The SMILES string of the molecule is c1ccc(OC2CSC2)c(CC2CCNCC2)c1. The second-order valence-corrected chi connectivity index (χ2v) is 6.36. The maximum absolute atomic E-state index is 6.09. The minimum Gasteiger partial charge on any atom is -0.488 e. The molecule has 0 unspecified atom stereocenters. The van der Waals surface area contributed by atoms with Crippen molar-refractivity contribution in [2.75, 3.05) is 24.6 Å². The Morgan fingerprint density at radius 2 is 1.94 bits per heavy atom. The van der Waals surface area contributed by atoms with E-state index in [1.807, 2.05) is 11.8 Å². The lowest BCUT2D eigenvalue weighted by atomic mass is 9.90. The third-order valence-electron chi connectivity index (χ3n) is 3.84. The molecule has 1 aromatic rings. The summed E-state index contributed by atoms with van der Waals surface area (Å²) >= 11 is 1.97. The number of rotatable bonds is 4. The summed E-state index contributed by atoms with van der Waals surface area (Å²) in [5.41, 5.74) is 1.40. The van der Waals surface area contributed by atoms with Gasteiger partial charge >= 0.3 is 0 Å². The van der Waals surface area contributed by atoms with Crippen LogP contribution in [0.2, 0.25) is 0 Å². The lowest BCUT2D eigenvalue weighted by Gasteiger charge is -2.28. The summed E-state index contributed by atoms with van der Waals surface area (Å²) in [6, 6.07) is 8.61. The van der Waals surface area contributed by atoms with Gasteiger partial charge in [0, 0.05) is 11.5 Å². The van der Waals surface area contributed by atoms with E-state index < -0.39 is 0 Å². The summed E-state index contributed by atoms with van der Waals surface area (Å²) in [4.78, 5) is 0. The molecule has 1 N–H and O–H groups in total. The Morgan fingerprint density at radius 1 is 1.17 bits per heavy atom. The zero-order chi connectivity index (χ0) is 12.2. The minimum atomic E-state index is 0.448. The molecule has 0 radical (unpaired) electrons. The fraction of sp³-hybridized carbons (Fsp3) is 0.600. The first kappa shape index (κ1) is 12.4. The monoisotopic (exact) mass is 263 g/mol. The number of ether oxygens (including phenoxy) is 1. The number of hydrogen-bond donors (Lipinski definition) is 1. The Balaban J connectivity index is 1.65. The highest BCUT2D eigenvalue weighted by molar-refractivity contribution is 8.00. The molecule has 0 amide bonds. The van der Waals surface area contributed by atoms with E-state index >= 15 is 0 Å². The number of benzene rings is 1. The Labute approximate surface area is 113 Å². The van der Waals surface area contributed by atoms with E-state index in [0.717, 1.165) is 23.2 Å². The van der Waals surface area contributed by atoms with Crippen molar-refractivity contribution >= 4 is 11.8 Å². The third kappa shape index (κ3) is 3.01. The molecule has 1 aromatic carbocycles. The summed E-state index contributed by atoms with van der Waals surface area (Å²) in [6.45, 7) is 2.35. The van der Waals surface area contributed by atoms with Crippen LogP contribution < -0.4 is 10.1 Å². The summed E-state index contributed by atoms with van der Waals surface area (Å²) in [5, 5.41) is 3.43. The lowest BCUT2D eigenvalue weighted by Crippen LogP contribution is -2.32. The van der Waals surface area contributed by atoms with Gasteiger partial charge in [0.1, 0.15) is 11.9 Å². The number of nitrogens with one attached hydrogen (secondary N) is 1. The van der Waals surface area contributed by atoms with Crippen LogP contribution in [0.3, 0.4) is 0 Å². The van der Waals surface area contributed by atoms with Crippen LogP contribution in [0.25, 0.3) is 0 Å². The normalized spacial score (nSPS) is 21.6. The zero-order valence-corrected chi connectivity index (χ0v) is 11.5. The van der Waals surface area contributed by atoms with Crippen molar-refractivity contribution in [2.24, 2.45) is 5.92 Å². The topological polar surface area (TPSA) is 21.3 Å². The third-order valence-corrected chi connectivity index (χ3v) is 5.06. The molecule has 2 saturated heterocycles. The molecule has 0 bridgehead atoms. The van der Waals surface area contributed by atoms with Crippen molar-refractivity contribution in [1.29, 1.82) is 0 Å². The van der Waals surface area contributed by atoms with E-state index in [1.54, 1.807) is 0 Å². The maximum Gasteiger partial charge on any atom is 0.123 e. The Kier molecular flexibility index (Phi) is 4.11. The quantitative estimate of drug-likeness (QED) is 0.902. The Hall–Kier alpha value is -0.670. The molecule has 98 valence electrons. The fourth-order valence-corrected chi connectivity index (χ4v) is 3.21. The van der Waals surface area contributed by atoms with Crippen LogP contribution in [0.1, 0.15) is 18.4 Å². The molecule has 2 aliphatic heterocycles. The van der Waals surface area contributed by atoms with Gasteiger partial charge in [-0.15, -0.1) is 0 Å². The second-order valence-electron chi connectivity index (χ2n) is 5.28. The molecule has 0 aliphatic carbocycles. The van der Waals surface area contributed by atoms with Gasteiger partial charge in [-0.3, -0.25) is 0 Å². The van der Waals surface area contributed by atoms with Gasteiger partial charge in [-0.2, -0.15) is 11.8 Å². The molecule has 2 fully saturated rings. The van der Waals surface area contributed by atoms with Gasteiger partial charge in [0.2, 0.25) is 0 Å². The molecule has 2 aliphatic rings. The van der Waals surface area contributed by atoms with E-state index in [4.69, 9.17) is 4.74 Å². The molecular weight excluding hydrogens is 242 g/mol. The first-order valence-electron chi connectivity index (χ1n) is 6.95. The van der Waals surface area contributed by atoms with Crippen molar-refractivity contribution < 1.29 is 4.74 Å². The molecule has 0 spiro atoms. The predicted molar refractivity (Wildman–Crippen MR) is 77.5 cm³/mol. The van der Waals surface area contributed by atoms with E-state index in [1.165, 1.54) is 37.9 Å². The van der Waals surface area contributed by atoms with Crippen LogP contribution >= 0.6 is 11.8 Å². The molecule has 3 heteroatoms. The van der Waals surface area contributed by atoms with Crippen molar-refractivity contribution in [3.63, 3.8) is 0 Å². The van der Waals surface area contributed by atoms with Crippen LogP contribution in [0.5, 0.6) is 5.75 Å². The molecule has 18 heavy (non-hydrogen) atoms. The Bertz CT molecular complexity index is 386. The van der Waals surface area contributed by atoms with Crippen LogP contribution in [0.4, 0.5) is 0 Å². The minimum absolute atomic E-state index is 0.448. The van der Waals surface area contributed by atoms with Crippen molar-refractivity contribution in [3.05, 3.63) is 29.8 Å². The summed E-state index contributed by atoms with van der Waals surface area (Å²) in [5.74, 6) is 4.26. The van der Waals surface area contributed by atoms with E-state index in [-0.39, 0.29) is 0 Å². The molecule has 0 aromatic heterocycles. The highest BCUT2D eigenvalue weighted by Crippen LogP contribution is 2.29. The molecule has 0 saturated carbocycles. The second kappa shape index (κ2) is 5.98. The van der Waals surface area contributed by atoms with Crippen LogP contribution in [-0.4, -0.2) is 30.7 Å². The van der Waals surface area contributed by atoms with Gasteiger partial charge in [-0.25, -0.2) is 0 Å². The van der Waals surface area contributed by atoms with Crippen LogP contribution in [0.15, 0.2) is 24.3 Å². The van der Waals surface area contributed by atoms with Gasteiger partial charge in [0.25, 0.3) is 0 Å². The average Bonchev–Trinajstić information content (AvgIpc) is 2.37. The summed E-state index contributed by atoms with van der Waals surface area (Å²) < 4.78 is 6.09. The zero-order valence-electron chi connectivity index (χ0n) is 10.7. The first-order valence-corrected chi connectivity index (χ1v) is 8.10. The molecular formula is C15H21NOS. The maximum atomic E-state index is 6.09. The first-order chi connectivity index (χ1) is 8.92. The van der Waals surface area contributed by atoms with Gasteiger partial charge in [0.05, 0.1) is 0 Å². The molecule has 3 rings (SSSR count). The van der Waals surface area contributed by atoms with E-state index in [9.17, 15) is 0 Å². The summed E-state index contributed by atoms with van der Waals surface area (Å²) in [6.07, 6.45) is 4.23. The standard InChI is InChI=1S/C15H21NOS/c1-2-4-15(17-14-10-18-11-14)13(3-1)9-12-5-7-16-8-6-12/h1-4,12,14,16H,5-11H2. The van der Waals surface area contributed by atoms with Crippen LogP contribution in [0, 0.1) is 5.92 Å². The number of para-hydroxylation sites is 1. The number of hydrogen-bond acceptors (Lipinski definition) is 3. The molecule has 2 nitrogen and oxygen atoms in total. The van der Waals surface area contributed by atoms with Gasteiger partial charge in [-0.05, 0) is 49.9 Å². The average molecular weight is 263 g/mol. The highest BCUT2D eigenvalue weighted by atomic mass is 32.2. The highest BCUT2D eigenvalue weighted by Gasteiger charge is 2.22. The Morgan fingerprint density at radius 3 is 2.67 bits per heavy atom. The van der Waals surface area contributed by atoms with Crippen LogP contribution in [-0.2, 0) is 6.42 Å². The molecule has 0 atom stereocenters. The predicted octanol–water partition coefficient (Wildman–Crippen LogP) is 2.72. The fourth-order valence-electron chi connectivity index (χ4n) is 2.65. The number of thioether (sulfide) groups is 1. The lowest BCUT2D eigenvalue weighted by molar-refractivity contribution is 0.236. The van der Waals surface area contributed by atoms with E-state index in [0.29, 0.717) is 6.10 Å². The summed E-state index contributed by atoms with van der Waals surface area (Å²) in [7, 11) is 0. The van der Waals surface area contributed by atoms with Crippen molar-refractivity contribution in [2.45, 2.75) is 25.4 Å². The molecule has 2 heterocycles. The van der Waals surface area contributed by atoms with Crippen molar-refractivity contribution in [1.82, 2.24) is 5.32 Å².